The Kier molecular flexibility index (Phi) is 5.10. The Labute approximate surface area is 106 Å². The van der Waals surface area contributed by atoms with Crippen molar-refractivity contribution in [3.63, 3.8) is 0 Å². The van der Waals surface area contributed by atoms with Gasteiger partial charge in [-0.2, -0.15) is 0 Å². The van der Waals surface area contributed by atoms with Crippen LogP contribution in [-0.4, -0.2) is 25.7 Å². The molecule has 0 aliphatic carbocycles. The predicted molar refractivity (Wildman–Crippen MR) is 71.5 cm³/mol. The van der Waals surface area contributed by atoms with Crippen LogP contribution < -0.4 is 10.6 Å². The van der Waals surface area contributed by atoms with Crippen LogP contribution in [0.5, 0.6) is 0 Å². The van der Waals surface area contributed by atoms with Crippen molar-refractivity contribution in [2.24, 2.45) is 0 Å². The van der Waals surface area contributed by atoms with E-state index in [4.69, 9.17) is 11.6 Å². The summed E-state index contributed by atoms with van der Waals surface area (Å²) in [7, 11) is 0. The van der Waals surface area contributed by atoms with Crippen LogP contribution in [0.1, 0.15) is 24.1 Å². The van der Waals surface area contributed by atoms with Gasteiger partial charge in [0.05, 0.1) is 4.34 Å². The largest absolute Gasteiger partial charge is 0.316 e. The molecule has 1 aliphatic rings. The topological polar surface area (TPSA) is 24.1 Å². The molecule has 2 nitrogen and oxygen atoms in total. The minimum atomic E-state index is 0.753. The Bertz CT molecular complexity index is 308. The average molecular weight is 259 g/mol. The molecular weight excluding hydrogens is 240 g/mol. The molecule has 1 saturated heterocycles. The van der Waals surface area contributed by atoms with E-state index in [0.29, 0.717) is 0 Å². The molecule has 0 amide bonds. The Hall–Kier alpha value is -0.0900. The highest BCUT2D eigenvalue weighted by Gasteiger charge is 2.12. The van der Waals surface area contributed by atoms with Crippen LogP contribution in [0, 0.1) is 0 Å². The van der Waals surface area contributed by atoms with Crippen LogP contribution in [-0.2, 0) is 6.42 Å². The van der Waals surface area contributed by atoms with Crippen LogP contribution in [0.2, 0.25) is 4.34 Å². The van der Waals surface area contributed by atoms with Gasteiger partial charge in [-0.1, -0.05) is 11.6 Å². The van der Waals surface area contributed by atoms with Crippen LogP contribution in [0.4, 0.5) is 0 Å². The molecule has 1 fully saturated rings. The molecule has 2 rings (SSSR count). The molecule has 1 aromatic heterocycles. The zero-order valence-corrected chi connectivity index (χ0v) is 11.0. The normalized spacial score (nSPS) is 20.4. The Morgan fingerprint density at radius 1 is 1.44 bits per heavy atom. The number of nitrogens with one attached hydrogen (secondary N) is 2. The van der Waals surface area contributed by atoms with Crippen molar-refractivity contribution in [2.45, 2.75) is 31.7 Å². The summed E-state index contributed by atoms with van der Waals surface area (Å²) in [4.78, 5) is 1.37. The molecule has 0 bridgehead atoms. The van der Waals surface area contributed by atoms with E-state index in [0.717, 1.165) is 29.9 Å². The molecule has 2 heterocycles. The molecule has 0 spiro atoms. The van der Waals surface area contributed by atoms with Crippen molar-refractivity contribution in [1.82, 2.24) is 10.6 Å². The molecule has 0 saturated carbocycles. The average Bonchev–Trinajstić information content (AvgIpc) is 2.89. The third-order valence-corrected chi connectivity index (χ3v) is 4.30. The zero-order valence-electron chi connectivity index (χ0n) is 9.47. The first-order valence-corrected chi connectivity index (χ1v) is 7.22. The van der Waals surface area contributed by atoms with Gasteiger partial charge in [0, 0.05) is 10.9 Å². The van der Waals surface area contributed by atoms with Crippen molar-refractivity contribution in [2.75, 3.05) is 19.6 Å². The lowest BCUT2D eigenvalue weighted by Crippen LogP contribution is -2.27. The smallest absolute Gasteiger partial charge is 0.0931 e. The fourth-order valence-electron chi connectivity index (χ4n) is 2.10. The van der Waals surface area contributed by atoms with E-state index in [9.17, 15) is 0 Å². The SMILES string of the molecule is Clc1ccc(CCNCCC2CCCN2)s1. The summed E-state index contributed by atoms with van der Waals surface area (Å²) in [6.07, 6.45) is 5.04. The molecule has 90 valence electrons. The molecule has 16 heavy (non-hydrogen) atoms. The van der Waals surface area contributed by atoms with Crippen LogP contribution in [0.25, 0.3) is 0 Å². The van der Waals surface area contributed by atoms with Gasteiger partial charge in [-0.25, -0.2) is 0 Å². The van der Waals surface area contributed by atoms with Gasteiger partial charge in [-0.3, -0.25) is 0 Å². The summed E-state index contributed by atoms with van der Waals surface area (Å²) in [6, 6.07) is 4.85. The zero-order chi connectivity index (χ0) is 11.2. The van der Waals surface area contributed by atoms with Gasteiger partial charge in [-0.15, -0.1) is 11.3 Å². The summed E-state index contributed by atoms with van der Waals surface area (Å²) in [5.41, 5.74) is 0. The molecule has 1 aliphatic heterocycles. The van der Waals surface area contributed by atoms with Crippen molar-refractivity contribution >= 4 is 22.9 Å². The van der Waals surface area contributed by atoms with E-state index in [2.05, 4.69) is 16.7 Å². The maximum atomic E-state index is 5.88. The van der Waals surface area contributed by atoms with E-state index < -0.39 is 0 Å². The van der Waals surface area contributed by atoms with Gasteiger partial charge < -0.3 is 10.6 Å². The minimum Gasteiger partial charge on any atom is -0.316 e. The van der Waals surface area contributed by atoms with Gasteiger partial charge in [0.25, 0.3) is 0 Å². The third-order valence-electron chi connectivity index (χ3n) is 3.01. The lowest BCUT2D eigenvalue weighted by Gasteiger charge is -2.10. The standard InChI is InChI=1S/C12H19ClN2S/c13-12-4-3-11(16-12)6-9-14-8-5-10-2-1-7-15-10/h3-4,10,14-15H,1-2,5-9H2. The van der Waals surface area contributed by atoms with Crippen molar-refractivity contribution < 1.29 is 0 Å². The Morgan fingerprint density at radius 3 is 3.06 bits per heavy atom. The second-order valence-electron chi connectivity index (χ2n) is 4.29. The van der Waals surface area contributed by atoms with Gasteiger partial charge in [0.1, 0.15) is 0 Å². The van der Waals surface area contributed by atoms with E-state index in [-0.39, 0.29) is 0 Å². The molecular formula is C12H19ClN2S. The number of hydrogen-bond donors (Lipinski definition) is 2. The van der Waals surface area contributed by atoms with E-state index in [1.54, 1.807) is 11.3 Å². The van der Waals surface area contributed by atoms with Crippen molar-refractivity contribution in [3.8, 4) is 0 Å². The highest BCUT2D eigenvalue weighted by Crippen LogP contribution is 2.21. The third kappa shape index (κ3) is 4.06. The summed E-state index contributed by atoms with van der Waals surface area (Å²) >= 11 is 7.56. The lowest BCUT2D eigenvalue weighted by molar-refractivity contribution is 0.525. The number of hydrogen-bond acceptors (Lipinski definition) is 3. The minimum absolute atomic E-state index is 0.753. The fourth-order valence-corrected chi connectivity index (χ4v) is 3.19. The van der Waals surface area contributed by atoms with Crippen molar-refractivity contribution in [1.29, 1.82) is 0 Å². The van der Waals surface area contributed by atoms with E-state index in [1.165, 1.54) is 30.7 Å². The van der Waals surface area contributed by atoms with Gasteiger partial charge in [0.2, 0.25) is 0 Å². The van der Waals surface area contributed by atoms with E-state index in [1.807, 2.05) is 6.07 Å². The Balaban J connectivity index is 1.51. The first-order valence-electron chi connectivity index (χ1n) is 6.03. The van der Waals surface area contributed by atoms with Gasteiger partial charge in [-0.05, 0) is 57.5 Å². The monoisotopic (exact) mass is 258 g/mol. The van der Waals surface area contributed by atoms with Crippen LogP contribution >= 0.6 is 22.9 Å². The van der Waals surface area contributed by atoms with Gasteiger partial charge >= 0.3 is 0 Å². The predicted octanol–water partition coefficient (Wildman–Crippen LogP) is 2.68. The van der Waals surface area contributed by atoms with Crippen molar-refractivity contribution in [3.05, 3.63) is 21.3 Å². The summed E-state index contributed by atoms with van der Waals surface area (Å²) in [5, 5.41) is 7.01. The molecule has 4 heteroatoms. The molecule has 2 N–H and O–H groups in total. The fraction of sp³-hybridized carbons (Fsp3) is 0.667. The molecule has 1 atom stereocenters. The maximum Gasteiger partial charge on any atom is 0.0931 e. The highest BCUT2D eigenvalue weighted by molar-refractivity contribution is 7.16. The second-order valence-corrected chi connectivity index (χ2v) is 6.09. The number of rotatable bonds is 6. The molecule has 0 radical (unpaired) electrons. The Morgan fingerprint density at radius 2 is 2.38 bits per heavy atom. The highest BCUT2D eigenvalue weighted by atomic mass is 35.5. The first kappa shape index (κ1) is 12.4. The molecule has 1 unspecified atom stereocenters. The summed E-state index contributed by atoms with van der Waals surface area (Å²) in [6.45, 7) is 3.39. The number of thiophene rings is 1. The van der Waals surface area contributed by atoms with Crippen LogP contribution in [0.15, 0.2) is 12.1 Å². The number of halogens is 1. The summed E-state index contributed by atoms with van der Waals surface area (Å²) in [5.74, 6) is 0. The summed E-state index contributed by atoms with van der Waals surface area (Å²) < 4.78 is 0.894. The maximum absolute atomic E-state index is 5.88. The lowest BCUT2D eigenvalue weighted by atomic mass is 10.1. The van der Waals surface area contributed by atoms with E-state index >= 15 is 0 Å². The van der Waals surface area contributed by atoms with Crippen LogP contribution in [0.3, 0.4) is 0 Å². The molecule has 0 aromatic carbocycles. The second kappa shape index (κ2) is 6.60. The first-order chi connectivity index (χ1) is 7.84. The molecule has 1 aromatic rings. The quantitative estimate of drug-likeness (QED) is 0.767. The van der Waals surface area contributed by atoms with Gasteiger partial charge in [0.15, 0.2) is 0 Å².